The second-order valence-corrected chi connectivity index (χ2v) is 8.30. The molecule has 1 saturated heterocycles. The van der Waals surface area contributed by atoms with Gasteiger partial charge in [-0.3, -0.25) is 4.99 Å². The van der Waals surface area contributed by atoms with Crippen LogP contribution in [-0.4, -0.2) is 56.2 Å². The van der Waals surface area contributed by atoms with Crippen molar-refractivity contribution in [1.29, 1.82) is 0 Å². The smallest absolute Gasteiger partial charge is 0.191 e. The summed E-state index contributed by atoms with van der Waals surface area (Å²) >= 11 is 0. The fourth-order valence-electron chi connectivity index (χ4n) is 3.57. The molecule has 0 aliphatic carbocycles. The van der Waals surface area contributed by atoms with Crippen molar-refractivity contribution in [3.63, 3.8) is 0 Å². The minimum Gasteiger partial charge on any atom is -0.376 e. The lowest BCUT2D eigenvalue weighted by molar-refractivity contribution is 0.0944. The highest BCUT2D eigenvalue weighted by molar-refractivity contribution is 14.0. The van der Waals surface area contributed by atoms with Crippen molar-refractivity contribution in [2.75, 3.05) is 39.3 Å². The highest BCUT2D eigenvalue weighted by Crippen LogP contribution is 2.17. The Labute approximate surface area is 195 Å². The van der Waals surface area contributed by atoms with Crippen molar-refractivity contribution in [1.82, 2.24) is 15.5 Å². The maximum atomic E-state index is 5.85. The van der Waals surface area contributed by atoms with E-state index < -0.39 is 0 Å². The van der Waals surface area contributed by atoms with Crippen LogP contribution in [0.3, 0.4) is 0 Å². The molecule has 0 aromatic heterocycles. The number of guanidine groups is 1. The molecule has 2 N–H and O–H groups in total. The van der Waals surface area contributed by atoms with Crippen LogP contribution in [0.1, 0.15) is 46.1 Å². The van der Waals surface area contributed by atoms with Crippen molar-refractivity contribution >= 4 is 29.9 Å². The number of hydrogen-bond donors (Lipinski definition) is 2. The molecule has 0 amide bonds. The number of benzene rings is 1. The molecule has 6 heteroatoms. The van der Waals surface area contributed by atoms with E-state index in [1.165, 1.54) is 31.5 Å². The lowest BCUT2D eigenvalue weighted by atomic mass is 9.97. The average Bonchev–Trinajstić information content (AvgIpc) is 2.71. The van der Waals surface area contributed by atoms with E-state index in [9.17, 15) is 0 Å². The van der Waals surface area contributed by atoms with Gasteiger partial charge in [0, 0.05) is 32.2 Å². The van der Waals surface area contributed by atoms with Crippen molar-refractivity contribution in [2.24, 2.45) is 16.8 Å². The highest BCUT2D eigenvalue weighted by atomic mass is 127. The molecule has 166 valence electrons. The maximum Gasteiger partial charge on any atom is 0.191 e. The standard InChI is InChI=1S/C23H40N4O.HI/c1-5-24-23(26-15-22-12-9-13-27(16-22)19(2)3)25-14-20(4)17-28-18-21-10-7-6-8-11-21;/h6-8,10-11,19-20,22H,5,9,12-18H2,1-4H3,(H2,24,25,26);1H. The molecule has 0 bridgehead atoms. The molecule has 2 rings (SSSR count). The molecule has 1 aliphatic heterocycles. The number of ether oxygens (including phenoxy) is 1. The number of likely N-dealkylation sites (tertiary alicyclic amines) is 1. The maximum absolute atomic E-state index is 5.85. The van der Waals surface area contributed by atoms with Crippen LogP contribution in [0.5, 0.6) is 0 Å². The molecule has 1 aromatic rings. The van der Waals surface area contributed by atoms with Crippen LogP contribution in [0.4, 0.5) is 0 Å². The summed E-state index contributed by atoms with van der Waals surface area (Å²) in [4.78, 5) is 7.37. The zero-order valence-electron chi connectivity index (χ0n) is 18.7. The van der Waals surface area contributed by atoms with Crippen molar-refractivity contribution in [2.45, 2.75) is 53.2 Å². The molecule has 1 fully saturated rings. The van der Waals surface area contributed by atoms with Crippen LogP contribution >= 0.6 is 24.0 Å². The van der Waals surface area contributed by atoms with Crippen molar-refractivity contribution in [3.8, 4) is 0 Å². The van der Waals surface area contributed by atoms with E-state index in [1.807, 2.05) is 18.2 Å². The molecule has 0 spiro atoms. The minimum absolute atomic E-state index is 0. The van der Waals surface area contributed by atoms with E-state index in [4.69, 9.17) is 9.73 Å². The summed E-state index contributed by atoms with van der Waals surface area (Å²) in [6.07, 6.45) is 2.60. The lowest BCUT2D eigenvalue weighted by Crippen LogP contribution is -2.46. The normalized spacial score (nSPS) is 18.9. The predicted molar refractivity (Wildman–Crippen MR) is 134 cm³/mol. The van der Waals surface area contributed by atoms with E-state index in [2.05, 4.69) is 55.4 Å². The van der Waals surface area contributed by atoms with Crippen LogP contribution in [0.15, 0.2) is 35.3 Å². The second-order valence-electron chi connectivity index (χ2n) is 8.30. The third kappa shape index (κ3) is 10.6. The third-order valence-electron chi connectivity index (χ3n) is 5.26. The predicted octanol–water partition coefficient (Wildman–Crippen LogP) is 4.13. The van der Waals surface area contributed by atoms with Gasteiger partial charge in [0.2, 0.25) is 0 Å². The van der Waals surface area contributed by atoms with Gasteiger partial charge in [0.25, 0.3) is 0 Å². The van der Waals surface area contributed by atoms with Gasteiger partial charge < -0.3 is 20.3 Å². The van der Waals surface area contributed by atoms with Gasteiger partial charge in [-0.2, -0.15) is 0 Å². The quantitative estimate of drug-likeness (QED) is 0.279. The Morgan fingerprint density at radius 1 is 1.21 bits per heavy atom. The van der Waals surface area contributed by atoms with Gasteiger partial charge >= 0.3 is 0 Å². The molecule has 0 radical (unpaired) electrons. The second kappa shape index (κ2) is 15.0. The SMILES string of the molecule is CCNC(=NCC(C)COCc1ccccc1)NCC1CCCN(C(C)C)C1.I. The zero-order valence-corrected chi connectivity index (χ0v) is 21.0. The molecule has 1 heterocycles. The first-order valence-corrected chi connectivity index (χ1v) is 11.0. The topological polar surface area (TPSA) is 48.9 Å². The summed E-state index contributed by atoms with van der Waals surface area (Å²) in [5.41, 5.74) is 1.22. The summed E-state index contributed by atoms with van der Waals surface area (Å²) < 4.78 is 5.85. The molecule has 1 aliphatic rings. The van der Waals surface area contributed by atoms with E-state index in [0.717, 1.165) is 32.2 Å². The monoisotopic (exact) mass is 516 g/mol. The number of piperidine rings is 1. The van der Waals surface area contributed by atoms with Gasteiger partial charge in [0.05, 0.1) is 13.2 Å². The van der Waals surface area contributed by atoms with Crippen LogP contribution in [0.25, 0.3) is 0 Å². The number of rotatable bonds is 10. The first-order valence-electron chi connectivity index (χ1n) is 11.0. The molecule has 2 atom stereocenters. The zero-order chi connectivity index (χ0) is 20.2. The Morgan fingerprint density at radius 2 is 1.97 bits per heavy atom. The van der Waals surface area contributed by atoms with Gasteiger partial charge in [-0.15, -0.1) is 24.0 Å². The number of nitrogens with one attached hydrogen (secondary N) is 2. The van der Waals surface area contributed by atoms with Crippen LogP contribution in [0.2, 0.25) is 0 Å². The Balaban J connectivity index is 0.00000420. The Kier molecular flexibility index (Phi) is 13.6. The van der Waals surface area contributed by atoms with Crippen LogP contribution in [-0.2, 0) is 11.3 Å². The number of hydrogen-bond acceptors (Lipinski definition) is 3. The molecule has 1 aromatic carbocycles. The minimum atomic E-state index is 0. The highest BCUT2D eigenvalue weighted by Gasteiger charge is 2.21. The van der Waals surface area contributed by atoms with E-state index in [-0.39, 0.29) is 24.0 Å². The van der Waals surface area contributed by atoms with Gasteiger partial charge in [0.15, 0.2) is 5.96 Å². The van der Waals surface area contributed by atoms with E-state index >= 15 is 0 Å². The first kappa shape index (κ1) is 26.2. The van der Waals surface area contributed by atoms with Crippen molar-refractivity contribution in [3.05, 3.63) is 35.9 Å². The van der Waals surface area contributed by atoms with Crippen molar-refractivity contribution < 1.29 is 4.74 Å². The summed E-state index contributed by atoms with van der Waals surface area (Å²) in [7, 11) is 0. The van der Waals surface area contributed by atoms with Crippen LogP contribution < -0.4 is 10.6 Å². The summed E-state index contributed by atoms with van der Waals surface area (Å²) in [6, 6.07) is 11.0. The fraction of sp³-hybridized carbons (Fsp3) is 0.696. The van der Waals surface area contributed by atoms with Gasteiger partial charge in [-0.1, -0.05) is 37.3 Å². The Bertz CT molecular complexity index is 567. The third-order valence-corrected chi connectivity index (χ3v) is 5.26. The summed E-state index contributed by atoms with van der Waals surface area (Å²) in [5.74, 6) is 2.02. The van der Waals surface area contributed by atoms with Crippen LogP contribution in [0, 0.1) is 11.8 Å². The molecule has 5 nitrogen and oxygen atoms in total. The summed E-state index contributed by atoms with van der Waals surface area (Å²) in [5, 5.41) is 6.94. The summed E-state index contributed by atoms with van der Waals surface area (Å²) in [6.45, 7) is 15.4. The van der Waals surface area contributed by atoms with Gasteiger partial charge in [0.1, 0.15) is 0 Å². The molecule has 29 heavy (non-hydrogen) atoms. The Hall–Kier alpha value is -0.860. The molecular weight excluding hydrogens is 475 g/mol. The lowest BCUT2D eigenvalue weighted by Gasteiger charge is -2.35. The Morgan fingerprint density at radius 3 is 2.66 bits per heavy atom. The number of nitrogens with zero attached hydrogens (tertiary/aromatic N) is 2. The average molecular weight is 517 g/mol. The molecule has 2 unspecified atom stereocenters. The fourth-order valence-corrected chi connectivity index (χ4v) is 3.57. The van der Waals surface area contributed by atoms with E-state index in [0.29, 0.717) is 24.5 Å². The number of halogens is 1. The number of aliphatic imine (C=N–C) groups is 1. The molecular formula is C23H41IN4O. The largest absolute Gasteiger partial charge is 0.376 e. The first-order chi connectivity index (χ1) is 13.6. The van der Waals surface area contributed by atoms with Gasteiger partial charge in [-0.25, -0.2) is 0 Å². The molecule has 0 saturated carbocycles. The van der Waals surface area contributed by atoms with Gasteiger partial charge in [-0.05, 0) is 57.6 Å². The van der Waals surface area contributed by atoms with E-state index in [1.54, 1.807) is 0 Å².